The van der Waals surface area contributed by atoms with Crippen molar-refractivity contribution in [2.45, 2.75) is 25.6 Å². The number of carboxylic acid groups (broad SMARTS) is 1. The number of aliphatic carboxylic acids is 1. The first-order valence-corrected chi connectivity index (χ1v) is 6.71. The van der Waals surface area contributed by atoms with Crippen LogP contribution in [0.1, 0.15) is 13.8 Å². The van der Waals surface area contributed by atoms with Crippen molar-refractivity contribution in [2.24, 2.45) is 0 Å². The molecule has 0 heterocycles. The Morgan fingerprint density at radius 2 is 1.48 bits per heavy atom. The van der Waals surface area contributed by atoms with E-state index in [0.29, 0.717) is 11.5 Å². The standard InChI is InChI=1S/C17H18O4/c1-13(20-14-9-5-3-6-10-14)17(2,16(18)19)21-15-11-7-4-8-12-15/h3-13H,1-2H3,(H,18,19). The molecular weight excluding hydrogens is 268 g/mol. The number of hydrogen-bond acceptors (Lipinski definition) is 3. The Bertz CT molecular complexity index is 582. The SMILES string of the molecule is CC(Oc1ccccc1)C(C)(Oc1ccccc1)C(=O)O. The number of carboxylic acids is 1. The molecule has 0 aliphatic heterocycles. The van der Waals surface area contributed by atoms with E-state index in [1.165, 1.54) is 6.92 Å². The largest absolute Gasteiger partial charge is 0.486 e. The van der Waals surface area contributed by atoms with Gasteiger partial charge in [0.15, 0.2) is 0 Å². The molecule has 21 heavy (non-hydrogen) atoms. The third kappa shape index (κ3) is 3.54. The van der Waals surface area contributed by atoms with Crippen LogP contribution in [-0.2, 0) is 4.79 Å². The Morgan fingerprint density at radius 1 is 1.00 bits per heavy atom. The lowest BCUT2D eigenvalue weighted by molar-refractivity contribution is -0.161. The van der Waals surface area contributed by atoms with Gasteiger partial charge in [0.1, 0.15) is 17.6 Å². The van der Waals surface area contributed by atoms with E-state index in [4.69, 9.17) is 9.47 Å². The average molecular weight is 286 g/mol. The number of hydrogen-bond donors (Lipinski definition) is 1. The highest BCUT2D eigenvalue weighted by Gasteiger charge is 2.43. The summed E-state index contributed by atoms with van der Waals surface area (Å²) in [6.45, 7) is 3.19. The summed E-state index contributed by atoms with van der Waals surface area (Å²) in [5, 5.41) is 9.54. The summed E-state index contributed by atoms with van der Waals surface area (Å²) in [6.07, 6.45) is -0.669. The summed E-state index contributed by atoms with van der Waals surface area (Å²) < 4.78 is 11.4. The average Bonchev–Trinajstić information content (AvgIpc) is 2.49. The van der Waals surface area contributed by atoms with Crippen molar-refractivity contribution in [3.63, 3.8) is 0 Å². The molecule has 0 aromatic heterocycles. The maximum atomic E-state index is 11.7. The minimum Gasteiger partial charge on any atom is -0.486 e. The van der Waals surface area contributed by atoms with Crippen LogP contribution in [0.25, 0.3) is 0 Å². The van der Waals surface area contributed by atoms with Gasteiger partial charge in [-0.05, 0) is 38.1 Å². The first-order valence-electron chi connectivity index (χ1n) is 6.71. The normalized spacial score (nSPS) is 14.8. The number of rotatable bonds is 6. The van der Waals surface area contributed by atoms with E-state index < -0.39 is 17.7 Å². The van der Waals surface area contributed by atoms with Gasteiger partial charge in [-0.2, -0.15) is 0 Å². The lowest BCUT2D eigenvalue weighted by Crippen LogP contribution is -2.53. The fourth-order valence-electron chi connectivity index (χ4n) is 1.85. The quantitative estimate of drug-likeness (QED) is 0.884. The van der Waals surface area contributed by atoms with Crippen LogP contribution in [0.5, 0.6) is 11.5 Å². The Kier molecular flexibility index (Phi) is 4.48. The van der Waals surface area contributed by atoms with E-state index >= 15 is 0 Å². The number of ether oxygens (including phenoxy) is 2. The molecule has 110 valence electrons. The third-order valence-electron chi connectivity index (χ3n) is 3.33. The van der Waals surface area contributed by atoms with Crippen molar-refractivity contribution >= 4 is 5.97 Å². The zero-order chi connectivity index (χ0) is 15.3. The Hall–Kier alpha value is -2.49. The van der Waals surface area contributed by atoms with Gasteiger partial charge in [-0.25, -0.2) is 4.79 Å². The molecule has 1 N–H and O–H groups in total. The number of benzene rings is 2. The molecule has 0 saturated heterocycles. The summed E-state index contributed by atoms with van der Waals surface area (Å²) in [4.78, 5) is 11.7. The second-order valence-electron chi connectivity index (χ2n) is 4.90. The van der Waals surface area contributed by atoms with Gasteiger partial charge in [0, 0.05) is 0 Å². The molecule has 2 unspecified atom stereocenters. The van der Waals surface area contributed by atoms with E-state index in [1.54, 1.807) is 43.3 Å². The number of carbonyl (C=O) groups is 1. The Balaban J connectivity index is 2.19. The van der Waals surface area contributed by atoms with Crippen molar-refractivity contribution in [2.75, 3.05) is 0 Å². The lowest BCUT2D eigenvalue weighted by Gasteiger charge is -2.32. The number of para-hydroxylation sites is 2. The van der Waals surface area contributed by atoms with Crippen molar-refractivity contribution in [1.82, 2.24) is 0 Å². The predicted octanol–water partition coefficient (Wildman–Crippen LogP) is 3.38. The molecule has 4 heteroatoms. The van der Waals surface area contributed by atoms with Crippen molar-refractivity contribution in [3.8, 4) is 11.5 Å². The second kappa shape index (κ2) is 6.31. The van der Waals surface area contributed by atoms with Crippen LogP contribution in [0.3, 0.4) is 0 Å². The topological polar surface area (TPSA) is 55.8 Å². The molecule has 0 spiro atoms. The molecule has 0 aliphatic carbocycles. The van der Waals surface area contributed by atoms with E-state index in [1.807, 2.05) is 24.3 Å². The van der Waals surface area contributed by atoms with Gasteiger partial charge in [-0.1, -0.05) is 36.4 Å². The van der Waals surface area contributed by atoms with Crippen LogP contribution < -0.4 is 9.47 Å². The molecule has 2 aromatic carbocycles. The van der Waals surface area contributed by atoms with Crippen LogP contribution >= 0.6 is 0 Å². The fraction of sp³-hybridized carbons (Fsp3) is 0.235. The van der Waals surface area contributed by atoms with Gasteiger partial charge in [-0.3, -0.25) is 0 Å². The fourth-order valence-corrected chi connectivity index (χ4v) is 1.85. The summed E-state index contributed by atoms with van der Waals surface area (Å²) in [5.41, 5.74) is -1.49. The molecule has 0 fully saturated rings. The molecule has 0 radical (unpaired) electrons. The van der Waals surface area contributed by atoms with E-state index in [-0.39, 0.29) is 0 Å². The highest BCUT2D eigenvalue weighted by atomic mass is 16.6. The van der Waals surface area contributed by atoms with Gasteiger partial charge in [0.2, 0.25) is 5.60 Å². The minimum atomic E-state index is -1.49. The monoisotopic (exact) mass is 286 g/mol. The van der Waals surface area contributed by atoms with Gasteiger partial charge in [0.25, 0.3) is 0 Å². The third-order valence-corrected chi connectivity index (χ3v) is 3.33. The first kappa shape index (κ1) is 14.9. The molecule has 2 aromatic rings. The predicted molar refractivity (Wildman–Crippen MR) is 79.6 cm³/mol. The van der Waals surface area contributed by atoms with Crippen LogP contribution in [0.2, 0.25) is 0 Å². The zero-order valence-corrected chi connectivity index (χ0v) is 12.0. The van der Waals surface area contributed by atoms with E-state index in [9.17, 15) is 9.90 Å². The summed E-state index contributed by atoms with van der Waals surface area (Å²) >= 11 is 0. The molecule has 2 rings (SSSR count). The van der Waals surface area contributed by atoms with Crippen LogP contribution in [0.15, 0.2) is 60.7 Å². The molecule has 0 bridgehead atoms. The molecule has 0 saturated carbocycles. The highest BCUT2D eigenvalue weighted by molar-refractivity contribution is 5.78. The van der Waals surface area contributed by atoms with Gasteiger partial charge in [-0.15, -0.1) is 0 Å². The summed E-state index contributed by atoms with van der Waals surface area (Å²) in [5.74, 6) is 0.0230. The molecular formula is C17H18O4. The summed E-state index contributed by atoms with van der Waals surface area (Å²) in [7, 11) is 0. The van der Waals surface area contributed by atoms with Crippen molar-refractivity contribution in [3.05, 3.63) is 60.7 Å². The van der Waals surface area contributed by atoms with Crippen molar-refractivity contribution < 1.29 is 19.4 Å². The maximum Gasteiger partial charge on any atom is 0.351 e. The smallest absolute Gasteiger partial charge is 0.351 e. The Labute approximate surface area is 123 Å². The summed E-state index contributed by atoms with van der Waals surface area (Å²) in [6, 6.07) is 18.0. The first-order chi connectivity index (χ1) is 10.0. The van der Waals surface area contributed by atoms with E-state index in [2.05, 4.69) is 0 Å². The maximum absolute atomic E-state index is 11.7. The van der Waals surface area contributed by atoms with Crippen LogP contribution in [0.4, 0.5) is 0 Å². The molecule has 0 amide bonds. The minimum absolute atomic E-state index is 0.492. The lowest BCUT2D eigenvalue weighted by atomic mass is 10.00. The van der Waals surface area contributed by atoms with Crippen molar-refractivity contribution in [1.29, 1.82) is 0 Å². The molecule has 0 aliphatic rings. The van der Waals surface area contributed by atoms with E-state index in [0.717, 1.165) is 0 Å². The second-order valence-corrected chi connectivity index (χ2v) is 4.90. The Morgan fingerprint density at radius 3 is 1.95 bits per heavy atom. The molecule has 4 nitrogen and oxygen atoms in total. The van der Waals surface area contributed by atoms with Crippen LogP contribution in [0, 0.1) is 0 Å². The highest BCUT2D eigenvalue weighted by Crippen LogP contribution is 2.25. The van der Waals surface area contributed by atoms with Gasteiger partial charge in [0.05, 0.1) is 0 Å². The molecule has 2 atom stereocenters. The zero-order valence-electron chi connectivity index (χ0n) is 12.0. The van der Waals surface area contributed by atoms with Gasteiger partial charge >= 0.3 is 5.97 Å². The van der Waals surface area contributed by atoms with Gasteiger partial charge < -0.3 is 14.6 Å². The van der Waals surface area contributed by atoms with Crippen LogP contribution in [-0.4, -0.2) is 22.8 Å².